The lowest BCUT2D eigenvalue weighted by atomic mass is 10.2. The molecule has 0 bridgehead atoms. The van der Waals surface area contributed by atoms with Gasteiger partial charge in [0.05, 0.1) is 0 Å². The van der Waals surface area contributed by atoms with Crippen molar-refractivity contribution in [3.05, 3.63) is 0 Å². The molecule has 4 nitrogen and oxygen atoms in total. The molecule has 1 aliphatic rings. The third kappa shape index (κ3) is 4.07. The molecule has 1 fully saturated rings. The van der Waals surface area contributed by atoms with Gasteiger partial charge in [-0.1, -0.05) is 0 Å². The van der Waals surface area contributed by atoms with Crippen LogP contribution in [0.2, 0.25) is 0 Å². The fourth-order valence-corrected chi connectivity index (χ4v) is 1.80. The van der Waals surface area contributed by atoms with E-state index in [2.05, 4.69) is 22.5 Å². The molecular weight excluding hydrogens is 178 g/mol. The SMILES string of the molecule is CNC(=O)CCCN1CCN[C@@H](C)C1. The Morgan fingerprint density at radius 3 is 3.07 bits per heavy atom. The quantitative estimate of drug-likeness (QED) is 0.659. The van der Waals surface area contributed by atoms with Crippen LogP contribution < -0.4 is 10.6 Å². The zero-order chi connectivity index (χ0) is 10.4. The summed E-state index contributed by atoms with van der Waals surface area (Å²) in [5.41, 5.74) is 0. The van der Waals surface area contributed by atoms with Crippen molar-refractivity contribution < 1.29 is 4.79 Å². The van der Waals surface area contributed by atoms with Crippen molar-refractivity contribution in [3.8, 4) is 0 Å². The molecule has 0 spiro atoms. The van der Waals surface area contributed by atoms with Gasteiger partial charge < -0.3 is 15.5 Å². The molecule has 1 rings (SSSR count). The van der Waals surface area contributed by atoms with E-state index < -0.39 is 0 Å². The lowest BCUT2D eigenvalue weighted by molar-refractivity contribution is -0.120. The maximum Gasteiger partial charge on any atom is 0.219 e. The Kier molecular flexibility index (Phi) is 4.90. The van der Waals surface area contributed by atoms with E-state index in [1.807, 2.05) is 0 Å². The minimum absolute atomic E-state index is 0.146. The summed E-state index contributed by atoms with van der Waals surface area (Å²) in [6.45, 7) is 6.53. The van der Waals surface area contributed by atoms with E-state index in [0.717, 1.165) is 32.6 Å². The molecule has 1 amide bonds. The summed E-state index contributed by atoms with van der Waals surface area (Å²) in [6, 6.07) is 0.587. The van der Waals surface area contributed by atoms with Crippen LogP contribution in [0.5, 0.6) is 0 Å². The smallest absolute Gasteiger partial charge is 0.219 e. The minimum atomic E-state index is 0.146. The number of amides is 1. The Balaban J connectivity index is 2.08. The van der Waals surface area contributed by atoms with Crippen LogP contribution in [-0.4, -0.2) is 50.1 Å². The summed E-state index contributed by atoms with van der Waals surface area (Å²) < 4.78 is 0. The molecule has 1 atom stereocenters. The molecule has 0 unspecified atom stereocenters. The monoisotopic (exact) mass is 199 g/mol. The van der Waals surface area contributed by atoms with Crippen molar-refractivity contribution in [2.45, 2.75) is 25.8 Å². The third-order valence-corrected chi connectivity index (χ3v) is 2.61. The number of carbonyl (C=O) groups excluding carboxylic acids is 1. The lowest BCUT2D eigenvalue weighted by Crippen LogP contribution is -2.49. The number of carbonyl (C=O) groups is 1. The number of piperazine rings is 1. The first-order valence-corrected chi connectivity index (χ1v) is 5.38. The van der Waals surface area contributed by atoms with E-state index in [4.69, 9.17) is 0 Å². The molecule has 0 aliphatic carbocycles. The summed E-state index contributed by atoms with van der Waals surface area (Å²) in [5, 5.41) is 6.04. The average Bonchev–Trinajstić information content (AvgIpc) is 2.17. The van der Waals surface area contributed by atoms with Crippen LogP contribution in [0.3, 0.4) is 0 Å². The highest BCUT2D eigenvalue weighted by molar-refractivity contribution is 5.75. The van der Waals surface area contributed by atoms with E-state index in [1.165, 1.54) is 0 Å². The van der Waals surface area contributed by atoms with Crippen LogP contribution in [0.25, 0.3) is 0 Å². The largest absolute Gasteiger partial charge is 0.359 e. The number of hydrogen-bond acceptors (Lipinski definition) is 3. The Hall–Kier alpha value is -0.610. The van der Waals surface area contributed by atoms with E-state index >= 15 is 0 Å². The lowest BCUT2D eigenvalue weighted by Gasteiger charge is -2.31. The van der Waals surface area contributed by atoms with Gasteiger partial charge in [0.15, 0.2) is 0 Å². The Labute approximate surface area is 86.0 Å². The van der Waals surface area contributed by atoms with Gasteiger partial charge in [0, 0.05) is 39.1 Å². The molecule has 2 N–H and O–H groups in total. The molecular formula is C10H21N3O. The Morgan fingerprint density at radius 1 is 1.64 bits per heavy atom. The molecule has 1 heterocycles. The standard InChI is InChI=1S/C10H21N3O/c1-9-8-13(7-5-12-9)6-3-4-10(14)11-2/h9,12H,3-8H2,1-2H3,(H,11,14)/t9-/m0/s1. The summed E-state index contributed by atoms with van der Waals surface area (Å²) >= 11 is 0. The second kappa shape index (κ2) is 5.98. The molecule has 0 saturated carbocycles. The van der Waals surface area contributed by atoms with Gasteiger partial charge in [0.2, 0.25) is 5.91 Å². The topological polar surface area (TPSA) is 44.4 Å². The van der Waals surface area contributed by atoms with Crippen molar-refractivity contribution in [1.82, 2.24) is 15.5 Å². The van der Waals surface area contributed by atoms with Gasteiger partial charge in [-0.25, -0.2) is 0 Å². The van der Waals surface area contributed by atoms with E-state index in [1.54, 1.807) is 7.05 Å². The molecule has 0 radical (unpaired) electrons. The third-order valence-electron chi connectivity index (χ3n) is 2.61. The van der Waals surface area contributed by atoms with Crippen molar-refractivity contribution in [3.63, 3.8) is 0 Å². The second-order valence-electron chi connectivity index (χ2n) is 3.93. The van der Waals surface area contributed by atoms with Gasteiger partial charge in [-0.05, 0) is 19.9 Å². The van der Waals surface area contributed by atoms with Crippen LogP contribution in [-0.2, 0) is 4.79 Å². The zero-order valence-corrected chi connectivity index (χ0v) is 9.18. The summed E-state index contributed by atoms with van der Waals surface area (Å²) in [7, 11) is 1.69. The average molecular weight is 199 g/mol. The van der Waals surface area contributed by atoms with E-state index in [0.29, 0.717) is 12.5 Å². The molecule has 4 heteroatoms. The van der Waals surface area contributed by atoms with Crippen LogP contribution in [0, 0.1) is 0 Å². The number of rotatable bonds is 4. The van der Waals surface area contributed by atoms with Gasteiger partial charge in [0.1, 0.15) is 0 Å². The summed E-state index contributed by atoms with van der Waals surface area (Å²) in [4.78, 5) is 13.4. The predicted octanol–water partition coefficient (Wildman–Crippen LogP) is -0.194. The molecule has 0 aromatic heterocycles. The zero-order valence-electron chi connectivity index (χ0n) is 9.18. The predicted molar refractivity (Wildman–Crippen MR) is 57.2 cm³/mol. The summed E-state index contributed by atoms with van der Waals surface area (Å²) in [6.07, 6.45) is 1.61. The molecule has 0 aromatic rings. The number of nitrogens with zero attached hydrogens (tertiary/aromatic N) is 1. The van der Waals surface area contributed by atoms with E-state index in [9.17, 15) is 4.79 Å². The van der Waals surface area contributed by atoms with Gasteiger partial charge in [-0.15, -0.1) is 0 Å². The van der Waals surface area contributed by atoms with Crippen LogP contribution in [0.15, 0.2) is 0 Å². The second-order valence-corrected chi connectivity index (χ2v) is 3.93. The van der Waals surface area contributed by atoms with Gasteiger partial charge in [-0.2, -0.15) is 0 Å². The van der Waals surface area contributed by atoms with Crippen molar-refractivity contribution in [1.29, 1.82) is 0 Å². The highest BCUT2D eigenvalue weighted by atomic mass is 16.1. The molecule has 1 aliphatic heterocycles. The molecule has 1 saturated heterocycles. The molecule has 14 heavy (non-hydrogen) atoms. The fraction of sp³-hybridized carbons (Fsp3) is 0.900. The molecule has 82 valence electrons. The normalized spacial score (nSPS) is 23.4. The Morgan fingerprint density at radius 2 is 2.43 bits per heavy atom. The van der Waals surface area contributed by atoms with Gasteiger partial charge in [0.25, 0.3) is 0 Å². The number of nitrogens with one attached hydrogen (secondary N) is 2. The van der Waals surface area contributed by atoms with Crippen LogP contribution >= 0.6 is 0 Å². The first kappa shape index (κ1) is 11.5. The first-order valence-electron chi connectivity index (χ1n) is 5.38. The molecule has 0 aromatic carbocycles. The van der Waals surface area contributed by atoms with Crippen molar-refractivity contribution in [2.24, 2.45) is 0 Å². The van der Waals surface area contributed by atoms with Crippen LogP contribution in [0.1, 0.15) is 19.8 Å². The Bertz CT molecular complexity index is 184. The highest BCUT2D eigenvalue weighted by Gasteiger charge is 2.14. The maximum atomic E-state index is 11.0. The summed E-state index contributed by atoms with van der Waals surface area (Å²) in [5.74, 6) is 0.146. The maximum absolute atomic E-state index is 11.0. The highest BCUT2D eigenvalue weighted by Crippen LogP contribution is 2.01. The minimum Gasteiger partial charge on any atom is -0.359 e. The van der Waals surface area contributed by atoms with Crippen molar-refractivity contribution in [2.75, 3.05) is 33.2 Å². The fourth-order valence-electron chi connectivity index (χ4n) is 1.80. The van der Waals surface area contributed by atoms with Crippen LogP contribution in [0.4, 0.5) is 0 Å². The van der Waals surface area contributed by atoms with Gasteiger partial charge >= 0.3 is 0 Å². The van der Waals surface area contributed by atoms with E-state index in [-0.39, 0.29) is 5.91 Å². The first-order chi connectivity index (χ1) is 6.72. The number of hydrogen-bond donors (Lipinski definition) is 2. The van der Waals surface area contributed by atoms with Gasteiger partial charge in [-0.3, -0.25) is 4.79 Å². The van der Waals surface area contributed by atoms with Crippen molar-refractivity contribution >= 4 is 5.91 Å².